The largest absolute Gasteiger partial charge is 0.435 e. The van der Waals surface area contributed by atoms with Crippen LogP contribution in [-0.2, 0) is 11.3 Å². The predicted molar refractivity (Wildman–Crippen MR) is 96.9 cm³/mol. The van der Waals surface area contributed by atoms with Crippen LogP contribution in [0.15, 0.2) is 48.5 Å². The molecule has 5 nitrogen and oxygen atoms in total. The molecule has 0 radical (unpaired) electrons. The summed E-state index contributed by atoms with van der Waals surface area (Å²) in [5.74, 6) is -0.0406. The van der Waals surface area contributed by atoms with Crippen LogP contribution in [0.1, 0.15) is 28.8 Å². The van der Waals surface area contributed by atoms with E-state index < -0.39 is 6.61 Å². The van der Waals surface area contributed by atoms with E-state index in [4.69, 9.17) is 0 Å². The molecule has 0 N–H and O–H groups in total. The lowest BCUT2D eigenvalue weighted by molar-refractivity contribution is -0.117. The van der Waals surface area contributed by atoms with E-state index in [9.17, 15) is 18.4 Å². The molecule has 2 amide bonds. The van der Waals surface area contributed by atoms with E-state index in [1.54, 1.807) is 42.3 Å². The zero-order valence-electron chi connectivity index (χ0n) is 14.9. The molecule has 1 aliphatic rings. The van der Waals surface area contributed by atoms with Crippen LogP contribution in [0.4, 0.5) is 14.5 Å². The summed E-state index contributed by atoms with van der Waals surface area (Å²) in [7, 11) is 1.67. The first kappa shape index (κ1) is 18.8. The number of hydrogen-bond donors (Lipinski definition) is 0. The third-order valence-corrected chi connectivity index (χ3v) is 4.39. The van der Waals surface area contributed by atoms with E-state index in [0.717, 1.165) is 17.7 Å². The van der Waals surface area contributed by atoms with Crippen molar-refractivity contribution < 1.29 is 23.1 Å². The van der Waals surface area contributed by atoms with Gasteiger partial charge in [-0.05, 0) is 42.3 Å². The number of carbonyl (C=O) groups is 2. The third kappa shape index (κ3) is 4.61. The smallest absolute Gasteiger partial charge is 0.387 e. The molecule has 142 valence electrons. The van der Waals surface area contributed by atoms with Gasteiger partial charge in [0.1, 0.15) is 5.75 Å². The van der Waals surface area contributed by atoms with Gasteiger partial charge >= 0.3 is 6.61 Å². The monoisotopic (exact) mass is 374 g/mol. The summed E-state index contributed by atoms with van der Waals surface area (Å²) in [4.78, 5) is 27.8. The van der Waals surface area contributed by atoms with Gasteiger partial charge < -0.3 is 14.5 Å². The highest BCUT2D eigenvalue weighted by Gasteiger charge is 2.22. The molecule has 0 atom stereocenters. The number of amides is 2. The average molecular weight is 374 g/mol. The fraction of sp³-hybridized carbons (Fsp3) is 0.300. The average Bonchev–Trinajstić information content (AvgIpc) is 3.08. The molecule has 0 saturated carbocycles. The van der Waals surface area contributed by atoms with Crippen molar-refractivity contribution in [3.63, 3.8) is 0 Å². The normalized spacial score (nSPS) is 13.9. The molecule has 2 aromatic carbocycles. The Morgan fingerprint density at radius 2 is 1.96 bits per heavy atom. The van der Waals surface area contributed by atoms with Gasteiger partial charge in [-0.15, -0.1) is 0 Å². The molecule has 1 saturated heterocycles. The van der Waals surface area contributed by atoms with Crippen molar-refractivity contribution in [2.24, 2.45) is 0 Å². The maximum atomic E-state index is 12.7. The Morgan fingerprint density at radius 3 is 2.59 bits per heavy atom. The number of anilines is 1. The second-order valence-electron chi connectivity index (χ2n) is 6.38. The highest BCUT2D eigenvalue weighted by Crippen LogP contribution is 2.23. The minimum absolute atomic E-state index is 0.0686. The van der Waals surface area contributed by atoms with Crippen LogP contribution in [0, 0.1) is 0 Å². The molecule has 0 bridgehead atoms. The molecule has 2 aromatic rings. The highest BCUT2D eigenvalue weighted by molar-refractivity contribution is 5.99. The number of alkyl halides is 2. The minimum Gasteiger partial charge on any atom is -0.435 e. The first-order valence-electron chi connectivity index (χ1n) is 8.63. The van der Waals surface area contributed by atoms with E-state index >= 15 is 0 Å². The number of benzene rings is 2. The van der Waals surface area contributed by atoms with Gasteiger partial charge in [-0.1, -0.05) is 18.2 Å². The summed E-state index contributed by atoms with van der Waals surface area (Å²) in [5, 5.41) is 0. The zero-order chi connectivity index (χ0) is 19.4. The van der Waals surface area contributed by atoms with Gasteiger partial charge in [0.05, 0.1) is 0 Å². The molecular weight excluding hydrogens is 354 g/mol. The second kappa shape index (κ2) is 8.16. The van der Waals surface area contributed by atoms with Crippen LogP contribution in [0.5, 0.6) is 5.75 Å². The van der Waals surface area contributed by atoms with Crippen LogP contribution in [0.3, 0.4) is 0 Å². The van der Waals surface area contributed by atoms with E-state index in [1.165, 1.54) is 17.0 Å². The van der Waals surface area contributed by atoms with Gasteiger partial charge in [0.25, 0.3) is 5.91 Å². The Balaban J connectivity index is 1.67. The van der Waals surface area contributed by atoms with E-state index in [-0.39, 0.29) is 17.6 Å². The molecule has 1 heterocycles. The molecule has 3 rings (SSSR count). The number of rotatable bonds is 6. The lowest BCUT2D eigenvalue weighted by Gasteiger charge is -2.20. The summed E-state index contributed by atoms with van der Waals surface area (Å²) >= 11 is 0. The van der Waals surface area contributed by atoms with Crippen LogP contribution in [0.25, 0.3) is 0 Å². The van der Waals surface area contributed by atoms with Crippen molar-refractivity contribution in [2.45, 2.75) is 26.0 Å². The topological polar surface area (TPSA) is 49.9 Å². The summed E-state index contributed by atoms with van der Waals surface area (Å²) in [6.07, 6.45) is 1.35. The van der Waals surface area contributed by atoms with Crippen LogP contribution < -0.4 is 9.64 Å². The summed E-state index contributed by atoms with van der Waals surface area (Å²) in [6.45, 7) is -1.88. The lowest BCUT2D eigenvalue weighted by Crippen LogP contribution is -2.27. The number of nitrogens with zero attached hydrogens (tertiary/aromatic N) is 2. The summed E-state index contributed by atoms with van der Waals surface area (Å²) < 4.78 is 28.7. The molecule has 27 heavy (non-hydrogen) atoms. The van der Waals surface area contributed by atoms with Gasteiger partial charge in [-0.2, -0.15) is 8.78 Å². The highest BCUT2D eigenvalue weighted by atomic mass is 19.3. The Morgan fingerprint density at radius 1 is 1.22 bits per heavy atom. The van der Waals surface area contributed by atoms with Crippen molar-refractivity contribution >= 4 is 17.5 Å². The first-order valence-corrected chi connectivity index (χ1v) is 8.63. The van der Waals surface area contributed by atoms with Crippen LogP contribution in [-0.4, -0.2) is 36.9 Å². The number of ether oxygens (including phenoxy) is 1. The molecule has 1 aliphatic heterocycles. The molecule has 0 aliphatic carbocycles. The van der Waals surface area contributed by atoms with Crippen molar-refractivity contribution in [3.05, 3.63) is 59.7 Å². The predicted octanol–water partition coefficient (Wildman–Crippen LogP) is 3.69. The van der Waals surface area contributed by atoms with Gasteiger partial charge in [-0.3, -0.25) is 9.59 Å². The minimum atomic E-state index is -2.87. The van der Waals surface area contributed by atoms with Crippen molar-refractivity contribution in [2.75, 3.05) is 18.5 Å². The van der Waals surface area contributed by atoms with Crippen molar-refractivity contribution in [1.82, 2.24) is 4.90 Å². The fourth-order valence-corrected chi connectivity index (χ4v) is 3.07. The summed E-state index contributed by atoms with van der Waals surface area (Å²) in [5.41, 5.74) is 2.01. The third-order valence-electron chi connectivity index (χ3n) is 4.39. The Bertz CT molecular complexity index is 824. The first-order chi connectivity index (χ1) is 12.9. The lowest BCUT2D eigenvalue weighted by atomic mass is 10.1. The maximum Gasteiger partial charge on any atom is 0.387 e. The van der Waals surface area contributed by atoms with Crippen LogP contribution in [0.2, 0.25) is 0 Å². The number of halogens is 2. The number of hydrogen-bond acceptors (Lipinski definition) is 3. The molecule has 0 spiro atoms. The Hall–Kier alpha value is -2.96. The number of carbonyl (C=O) groups excluding carboxylic acids is 2. The van der Waals surface area contributed by atoms with Gasteiger partial charge in [0.15, 0.2) is 0 Å². The van der Waals surface area contributed by atoms with Gasteiger partial charge in [0.2, 0.25) is 5.91 Å². The molecule has 1 fully saturated rings. The Kier molecular flexibility index (Phi) is 5.69. The van der Waals surface area contributed by atoms with Crippen molar-refractivity contribution in [3.8, 4) is 5.75 Å². The van der Waals surface area contributed by atoms with Crippen LogP contribution >= 0.6 is 0 Å². The SMILES string of the molecule is CN(Cc1ccc(OC(F)F)cc1)C(=O)c1cccc(N2CCCC2=O)c1. The summed E-state index contributed by atoms with van der Waals surface area (Å²) in [6, 6.07) is 13.2. The van der Waals surface area contributed by atoms with Crippen molar-refractivity contribution in [1.29, 1.82) is 0 Å². The molecule has 0 unspecified atom stereocenters. The maximum absolute atomic E-state index is 12.7. The van der Waals surface area contributed by atoms with E-state index in [0.29, 0.717) is 25.1 Å². The van der Waals surface area contributed by atoms with Gasteiger partial charge in [-0.25, -0.2) is 0 Å². The second-order valence-corrected chi connectivity index (χ2v) is 6.38. The fourth-order valence-electron chi connectivity index (χ4n) is 3.07. The molecule has 7 heteroatoms. The Labute approximate surface area is 156 Å². The quantitative estimate of drug-likeness (QED) is 0.775. The van der Waals surface area contributed by atoms with E-state index in [2.05, 4.69) is 4.74 Å². The van der Waals surface area contributed by atoms with Gasteiger partial charge in [0, 0.05) is 37.8 Å². The molecular formula is C20H20F2N2O3. The molecule has 0 aromatic heterocycles. The van der Waals surface area contributed by atoms with E-state index in [1.807, 2.05) is 6.07 Å². The zero-order valence-corrected chi connectivity index (χ0v) is 14.9. The standard InChI is InChI=1S/C20H20F2N2O3/c1-23(13-14-7-9-17(10-8-14)27-20(21)22)19(26)15-4-2-5-16(12-15)24-11-3-6-18(24)25/h2,4-5,7-10,12,20H,3,6,11,13H2,1H3.